The van der Waals surface area contributed by atoms with E-state index in [1.165, 1.54) is 23.3 Å². The quantitative estimate of drug-likeness (QED) is 0.158. The SMILES string of the molecule is CCCCCON(C(=O)[C@@H](NC(=O)[C@H]1CCCCN1C)[C@@H](C)CC)[C@H](C[C@@H](OC(C)=O)c1nc(C)cs1)C(C)C. The third-order valence-electron chi connectivity index (χ3n) is 7.79. The van der Waals surface area contributed by atoms with E-state index in [9.17, 15) is 14.4 Å². The molecule has 0 radical (unpaired) electrons. The van der Waals surface area contributed by atoms with Crippen LogP contribution in [-0.4, -0.2) is 71.1 Å². The van der Waals surface area contributed by atoms with Crippen molar-refractivity contribution in [2.75, 3.05) is 20.2 Å². The van der Waals surface area contributed by atoms with Crippen molar-refractivity contribution in [3.05, 3.63) is 16.1 Å². The van der Waals surface area contributed by atoms with Crippen LogP contribution in [0.3, 0.4) is 0 Å². The summed E-state index contributed by atoms with van der Waals surface area (Å²) in [7, 11) is 1.97. The highest BCUT2D eigenvalue weighted by molar-refractivity contribution is 7.09. The number of carbonyl (C=O) groups excluding carboxylic acids is 3. The molecule has 0 saturated carbocycles. The summed E-state index contributed by atoms with van der Waals surface area (Å²) < 4.78 is 5.73. The van der Waals surface area contributed by atoms with E-state index in [0.29, 0.717) is 18.0 Å². The number of ether oxygens (including phenoxy) is 1. The number of hydrogen-bond acceptors (Lipinski definition) is 8. The largest absolute Gasteiger partial charge is 0.455 e. The molecule has 2 rings (SSSR count). The molecular weight excluding hydrogens is 528 g/mol. The summed E-state index contributed by atoms with van der Waals surface area (Å²) >= 11 is 1.44. The number of aromatic nitrogens is 1. The van der Waals surface area contributed by atoms with Crippen LogP contribution in [0, 0.1) is 18.8 Å². The maximum Gasteiger partial charge on any atom is 0.303 e. The molecule has 0 aliphatic carbocycles. The predicted molar refractivity (Wildman–Crippen MR) is 159 cm³/mol. The van der Waals surface area contributed by atoms with Crippen molar-refractivity contribution >= 4 is 29.1 Å². The first kappa shape index (κ1) is 34.2. The van der Waals surface area contributed by atoms with Crippen LogP contribution >= 0.6 is 11.3 Å². The molecule has 0 aromatic carbocycles. The maximum absolute atomic E-state index is 14.3. The first-order valence-electron chi connectivity index (χ1n) is 15.1. The summed E-state index contributed by atoms with van der Waals surface area (Å²) in [5.74, 6) is -0.863. The second-order valence-corrected chi connectivity index (χ2v) is 12.4. The van der Waals surface area contributed by atoms with Crippen molar-refractivity contribution < 1.29 is 24.0 Å². The molecule has 9 nitrogen and oxygen atoms in total. The highest BCUT2D eigenvalue weighted by atomic mass is 32.1. The number of hydroxylamine groups is 2. The average molecular weight is 581 g/mol. The van der Waals surface area contributed by atoms with Crippen molar-refractivity contribution in [3.63, 3.8) is 0 Å². The van der Waals surface area contributed by atoms with E-state index in [0.717, 1.165) is 57.2 Å². The molecule has 1 fully saturated rings. The van der Waals surface area contributed by atoms with Gasteiger partial charge in [0.2, 0.25) is 5.91 Å². The molecule has 1 aromatic heterocycles. The van der Waals surface area contributed by atoms with Gasteiger partial charge in [-0.3, -0.25) is 24.1 Å². The van der Waals surface area contributed by atoms with Crippen LogP contribution in [0.4, 0.5) is 0 Å². The maximum atomic E-state index is 14.3. The number of esters is 1. The molecule has 1 aromatic rings. The third-order valence-corrected chi connectivity index (χ3v) is 8.85. The summed E-state index contributed by atoms with van der Waals surface area (Å²) in [6.07, 6.45) is 6.16. The first-order chi connectivity index (χ1) is 19.0. The molecule has 1 saturated heterocycles. The Labute approximate surface area is 245 Å². The first-order valence-corrected chi connectivity index (χ1v) is 15.9. The van der Waals surface area contributed by atoms with Gasteiger partial charge in [0, 0.05) is 24.4 Å². The van der Waals surface area contributed by atoms with Gasteiger partial charge >= 0.3 is 5.97 Å². The fraction of sp³-hybridized carbons (Fsp3) is 0.800. The number of rotatable bonds is 16. The summed E-state index contributed by atoms with van der Waals surface area (Å²) in [6.45, 7) is 14.8. The number of amides is 2. The summed E-state index contributed by atoms with van der Waals surface area (Å²) in [5.41, 5.74) is 0.856. The molecular formula is C30H52N4O5S. The van der Waals surface area contributed by atoms with Gasteiger partial charge in [0.15, 0.2) is 6.10 Å². The van der Waals surface area contributed by atoms with Gasteiger partial charge in [-0.1, -0.05) is 60.3 Å². The number of hydrogen-bond donors (Lipinski definition) is 1. The summed E-state index contributed by atoms with van der Waals surface area (Å²) in [6, 6.07) is -1.37. The van der Waals surface area contributed by atoms with Gasteiger partial charge in [-0.25, -0.2) is 10.0 Å². The number of aryl methyl sites for hydroxylation is 1. The molecule has 1 aliphatic rings. The summed E-state index contributed by atoms with van der Waals surface area (Å²) in [4.78, 5) is 52.8. The molecule has 0 bridgehead atoms. The lowest BCUT2D eigenvalue weighted by molar-refractivity contribution is -0.213. The highest BCUT2D eigenvalue weighted by Crippen LogP contribution is 2.31. The smallest absolute Gasteiger partial charge is 0.303 e. The molecule has 1 N–H and O–H groups in total. The van der Waals surface area contributed by atoms with Gasteiger partial charge in [0.25, 0.3) is 5.91 Å². The highest BCUT2D eigenvalue weighted by Gasteiger charge is 2.39. The second-order valence-electron chi connectivity index (χ2n) is 11.5. The molecule has 1 aliphatic heterocycles. The van der Waals surface area contributed by atoms with E-state index in [4.69, 9.17) is 9.57 Å². The van der Waals surface area contributed by atoms with Crippen LogP contribution in [-0.2, 0) is 24.0 Å². The fourth-order valence-corrected chi connectivity index (χ4v) is 5.93. The Kier molecular flexibility index (Phi) is 14.6. The Morgan fingerprint density at radius 2 is 1.93 bits per heavy atom. The number of likely N-dealkylation sites (tertiary alicyclic amines) is 1. The molecule has 0 spiro atoms. The van der Waals surface area contributed by atoms with E-state index in [1.54, 1.807) is 0 Å². The van der Waals surface area contributed by atoms with Crippen molar-refractivity contribution in [3.8, 4) is 0 Å². The lowest BCUT2D eigenvalue weighted by Crippen LogP contribution is -2.58. The van der Waals surface area contributed by atoms with E-state index < -0.39 is 24.2 Å². The standard InChI is InChI=1S/C30H52N4O5S/c1-9-11-14-17-38-34(25(20(3)4)18-26(39-23(7)35)29-31-22(6)19-40-29)30(37)27(21(5)10-2)32-28(36)24-15-12-13-16-33(24)8/h19-21,24-27H,9-18H2,1-8H3,(H,32,36)/t21-,24+,25+,26+,27-/m0/s1. The van der Waals surface area contributed by atoms with Crippen molar-refractivity contribution in [1.82, 2.24) is 20.3 Å². The molecule has 2 heterocycles. The number of unbranched alkanes of at least 4 members (excludes halogenated alkanes) is 2. The number of nitrogens with one attached hydrogen (secondary N) is 1. The molecule has 5 atom stereocenters. The normalized spacial score (nSPS) is 19.1. The van der Waals surface area contributed by atoms with Crippen LogP contribution in [0.2, 0.25) is 0 Å². The number of carbonyl (C=O) groups is 3. The predicted octanol–water partition coefficient (Wildman–Crippen LogP) is 5.44. The molecule has 40 heavy (non-hydrogen) atoms. The van der Waals surface area contributed by atoms with Crippen molar-refractivity contribution in [2.24, 2.45) is 11.8 Å². The number of piperidine rings is 1. The fourth-order valence-electron chi connectivity index (χ4n) is 5.09. The van der Waals surface area contributed by atoms with E-state index >= 15 is 0 Å². The van der Waals surface area contributed by atoms with Crippen LogP contribution in [0.15, 0.2) is 5.38 Å². The Balaban J connectivity index is 2.40. The monoisotopic (exact) mass is 580 g/mol. The molecule has 10 heteroatoms. The number of likely N-dealkylation sites (N-methyl/N-ethyl adjacent to an activating group) is 1. The zero-order chi connectivity index (χ0) is 29.8. The minimum absolute atomic E-state index is 0.00740. The summed E-state index contributed by atoms with van der Waals surface area (Å²) in [5, 5.41) is 7.23. The second kappa shape index (κ2) is 17.0. The van der Waals surface area contributed by atoms with E-state index in [2.05, 4.69) is 22.1 Å². The minimum Gasteiger partial charge on any atom is -0.455 e. The van der Waals surface area contributed by atoms with E-state index in [1.807, 2.05) is 47.0 Å². The number of thiazole rings is 1. The van der Waals surface area contributed by atoms with Crippen LogP contribution in [0.25, 0.3) is 0 Å². The average Bonchev–Trinajstić information content (AvgIpc) is 3.35. The van der Waals surface area contributed by atoms with Crippen molar-refractivity contribution in [1.29, 1.82) is 0 Å². The van der Waals surface area contributed by atoms with Gasteiger partial charge in [-0.05, 0) is 51.6 Å². The van der Waals surface area contributed by atoms with Gasteiger partial charge in [0.05, 0.1) is 18.7 Å². The van der Waals surface area contributed by atoms with E-state index in [-0.39, 0.29) is 29.7 Å². The molecule has 0 unspecified atom stereocenters. The topological polar surface area (TPSA) is 101 Å². The zero-order valence-electron chi connectivity index (χ0n) is 25.9. The van der Waals surface area contributed by atoms with Crippen LogP contribution in [0.5, 0.6) is 0 Å². The lowest BCUT2D eigenvalue weighted by Gasteiger charge is -2.39. The van der Waals surface area contributed by atoms with Crippen LogP contribution in [0.1, 0.15) is 110 Å². The van der Waals surface area contributed by atoms with Gasteiger partial charge in [0.1, 0.15) is 11.0 Å². The molecule has 2 amide bonds. The Morgan fingerprint density at radius 3 is 2.48 bits per heavy atom. The Hall–Kier alpha value is -2.04. The van der Waals surface area contributed by atoms with Crippen molar-refractivity contribution in [2.45, 2.75) is 124 Å². The third kappa shape index (κ3) is 10.1. The van der Waals surface area contributed by atoms with Crippen LogP contribution < -0.4 is 5.32 Å². The van der Waals surface area contributed by atoms with Gasteiger partial charge in [-0.2, -0.15) is 0 Å². The van der Waals surface area contributed by atoms with Gasteiger partial charge < -0.3 is 10.1 Å². The van der Waals surface area contributed by atoms with Gasteiger partial charge in [-0.15, -0.1) is 11.3 Å². The Bertz CT molecular complexity index is 939. The molecule has 228 valence electrons. The number of nitrogens with zero attached hydrogens (tertiary/aromatic N) is 3. The minimum atomic E-state index is -0.727. The Morgan fingerprint density at radius 1 is 1.20 bits per heavy atom. The lowest BCUT2D eigenvalue weighted by atomic mass is 9.93. The zero-order valence-corrected chi connectivity index (χ0v) is 26.7.